The molecule has 0 saturated carbocycles. The Morgan fingerprint density at radius 2 is 1.93 bits per heavy atom. The summed E-state index contributed by atoms with van der Waals surface area (Å²) in [5.74, 6) is -0.964. The van der Waals surface area contributed by atoms with E-state index in [1.165, 1.54) is 6.08 Å². The number of nitrogens with one attached hydrogen (secondary N) is 1. The topological polar surface area (TPSA) is 88.8 Å². The largest absolute Gasteiger partial charge is 0.493 e. The van der Waals surface area contributed by atoms with E-state index in [2.05, 4.69) is 5.32 Å². The third-order valence-electron chi connectivity index (χ3n) is 4.97. The number of carboxylic acids is 1. The standard InChI is InChI=1S/C24H25NO5/c1-5-29-22-16(4)23-19(15(3)13-30-23)12-18(22)14(2)11-20(26)25-21(24(27)28)17-9-7-6-8-10-17/h6-13,21H,5H2,1-4H3,(H,25,26)(H,27,28)/b14-11+. The zero-order valence-corrected chi connectivity index (χ0v) is 17.5. The molecule has 3 aromatic rings. The minimum Gasteiger partial charge on any atom is -0.493 e. The van der Waals surface area contributed by atoms with Crippen molar-refractivity contribution in [2.75, 3.05) is 6.61 Å². The zero-order valence-electron chi connectivity index (χ0n) is 17.5. The summed E-state index contributed by atoms with van der Waals surface area (Å²) in [6.07, 6.45) is 3.09. The van der Waals surface area contributed by atoms with Crippen LogP contribution in [0.25, 0.3) is 16.5 Å². The first-order valence-electron chi connectivity index (χ1n) is 9.74. The highest BCUT2D eigenvalue weighted by molar-refractivity contribution is 5.99. The molecule has 2 N–H and O–H groups in total. The maximum Gasteiger partial charge on any atom is 0.330 e. The van der Waals surface area contributed by atoms with Crippen LogP contribution in [0.4, 0.5) is 0 Å². The van der Waals surface area contributed by atoms with Crippen molar-refractivity contribution in [2.24, 2.45) is 0 Å². The number of hydrogen-bond acceptors (Lipinski definition) is 4. The van der Waals surface area contributed by atoms with Crippen LogP contribution in [-0.4, -0.2) is 23.6 Å². The Balaban J connectivity index is 1.96. The van der Waals surface area contributed by atoms with Crippen LogP contribution < -0.4 is 10.1 Å². The van der Waals surface area contributed by atoms with E-state index < -0.39 is 17.9 Å². The van der Waals surface area contributed by atoms with Crippen LogP contribution >= 0.6 is 0 Å². The second kappa shape index (κ2) is 8.86. The molecule has 0 spiro atoms. The number of carbonyl (C=O) groups excluding carboxylic acids is 1. The third-order valence-corrected chi connectivity index (χ3v) is 4.97. The molecule has 1 heterocycles. The van der Waals surface area contributed by atoms with Crippen molar-refractivity contribution in [1.29, 1.82) is 0 Å². The molecule has 0 aliphatic carbocycles. The third kappa shape index (κ3) is 4.22. The van der Waals surface area contributed by atoms with Crippen LogP contribution in [0.5, 0.6) is 5.75 Å². The SMILES string of the molecule is CCOc1c(/C(C)=C/C(=O)NC(C(=O)O)c2ccccc2)cc2c(C)coc2c1C. The van der Waals surface area contributed by atoms with Crippen molar-refractivity contribution in [3.63, 3.8) is 0 Å². The second-order valence-electron chi connectivity index (χ2n) is 7.12. The summed E-state index contributed by atoms with van der Waals surface area (Å²) in [6.45, 7) is 8.04. The summed E-state index contributed by atoms with van der Waals surface area (Å²) in [5.41, 5.74) is 4.55. The van der Waals surface area contributed by atoms with Crippen molar-refractivity contribution in [2.45, 2.75) is 33.7 Å². The Bertz CT molecular complexity index is 1110. The van der Waals surface area contributed by atoms with Crippen LogP contribution in [0, 0.1) is 13.8 Å². The summed E-state index contributed by atoms with van der Waals surface area (Å²) in [7, 11) is 0. The van der Waals surface area contributed by atoms with Gasteiger partial charge in [-0.15, -0.1) is 0 Å². The monoisotopic (exact) mass is 407 g/mol. The number of furan rings is 1. The Morgan fingerprint density at radius 1 is 1.23 bits per heavy atom. The Morgan fingerprint density at radius 3 is 2.57 bits per heavy atom. The average molecular weight is 407 g/mol. The summed E-state index contributed by atoms with van der Waals surface area (Å²) in [6, 6.07) is 9.41. The molecule has 156 valence electrons. The quantitative estimate of drug-likeness (QED) is 0.550. The van der Waals surface area contributed by atoms with Gasteiger partial charge in [0.2, 0.25) is 5.91 Å². The second-order valence-corrected chi connectivity index (χ2v) is 7.12. The Hall–Kier alpha value is -3.54. The van der Waals surface area contributed by atoms with Gasteiger partial charge in [0.15, 0.2) is 6.04 Å². The van der Waals surface area contributed by atoms with E-state index in [1.807, 2.05) is 26.8 Å². The van der Waals surface area contributed by atoms with E-state index in [0.29, 0.717) is 23.5 Å². The molecule has 2 aromatic carbocycles. The first-order chi connectivity index (χ1) is 14.3. The minimum atomic E-state index is -1.13. The molecule has 0 fully saturated rings. The number of benzene rings is 2. The van der Waals surface area contributed by atoms with Crippen molar-refractivity contribution < 1.29 is 23.8 Å². The molecule has 0 saturated heterocycles. The van der Waals surface area contributed by atoms with E-state index in [1.54, 1.807) is 43.5 Å². The van der Waals surface area contributed by atoms with Gasteiger partial charge in [0.25, 0.3) is 0 Å². The lowest BCUT2D eigenvalue weighted by Crippen LogP contribution is -2.32. The molecule has 30 heavy (non-hydrogen) atoms. The van der Waals surface area contributed by atoms with E-state index in [0.717, 1.165) is 27.7 Å². The molecule has 6 nitrogen and oxygen atoms in total. The van der Waals surface area contributed by atoms with Crippen LogP contribution in [0.15, 0.2) is 53.2 Å². The average Bonchev–Trinajstić information content (AvgIpc) is 3.09. The van der Waals surface area contributed by atoms with Crippen molar-refractivity contribution in [3.05, 3.63) is 71.0 Å². The van der Waals surface area contributed by atoms with Crippen molar-refractivity contribution in [3.8, 4) is 5.75 Å². The molecule has 1 amide bonds. The summed E-state index contributed by atoms with van der Waals surface area (Å²) in [4.78, 5) is 24.3. The highest BCUT2D eigenvalue weighted by Crippen LogP contribution is 2.37. The van der Waals surface area contributed by atoms with Gasteiger partial charge in [-0.05, 0) is 50.5 Å². The highest BCUT2D eigenvalue weighted by Gasteiger charge is 2.22. The molecule has 1 unspecified atom stereocenters. The number of aryl methyl sites for hydroxylation is 2. The lowest BCUT2D eigenvalue weighted by molar-refractivity contribution is -0.141. The molecule has 6 heteroatoms. The van der Waals surface area contributed by atoms with Crippen LogP contribution in [0.1, 0.15) is 42.1 Å². The molecule has 0 bridgehead atoms. The van der Waals surface area contributed by atoms with E-state index in [-0.39, 0.29) is 0 Å². The first kappa shape index (κ1) is 21.2. The number of amides is 1. The fourth-order valence-corrected chi connectivity index (χ4v) is 3.45. The van der Waals surface area contributed by atoms with Gasteiger partial charge in [-0.25, -0.2) is 4.79 Å². The fraction of sp³-hybridized carbons (Fsp3) is 0.250. The number of carboxylic acid groups (broad SMARTS) is 1. The molecular weight excluding hydrogens is 382 g/mol. The Labute approximate surface area is 175 Å². The zero-order chi connectivity index (χ0) is 21.8. The lowest BCUT2D eigenvalue weighted by atomic mass is 9.98. The number of carbonyl (C=O) groups is 2. The number of ether oxygens (including phenoxy) is 1. The van der Waals surface area contributed by atoms with Gasteiger partial charge in [-0.1, -0.05) is 30.3 Å². The van der Waals surface area contributed by atoms with Gasteiger partial charge < -0.3 is 19.6 Å². The van der Waals surface area contributed by atoms with E-state index in [4.69, 9.17) is 9.15 Å². The Kier molecular flexibility index (Phi) is 6.26. The summed E-state index contributed by atoms with van der Waals surface area (Å²) >= 11 is 0. The number of allylic oxidation sites excluding steroid dienone is 1. The lowest BCUT2D eigenvalue weighted by Gasteiger charge is -2.16. The summed E-state index contributed by atoms with van der Waals surface area (Å²) < 4.78 is 11.5. The molecule has 1 atom stereocenters. The van der Waals surface area contributed by atoms with Gasteiger partial charge in [-0.3, -0.25) is 4.79 Å². The minimum absolute atomic E-state index is 0.466. The molecule has 3 rings (SSSR count). The predicted octanol–water partition coefficient (Wildman–Crippen LogP) is 4.79. The van der Waals surface area contributed by atoms with Crippen molar-refractivity contribution in [1.82, 2.24) is 5.32 Å². The molecule has 0 aliphatic rings. The van der Waals surface area contributed by atoms with Crippen molar-refractivity contribution >= 4 is 28.4 Å². The molecule has 1 aromatic heterocycles. The molecule has 0 aliphatic heterocycles. The number of aliphatic carboxylic acids is 1. The van der Waals surface area contributed by atoms with E-state index in [9.17, 15) is 14.7 Å². The van der Waals surface area contributed by atoms with Crippen LogP contribution in [0.2, 0.25) is 0 Å². The smallest absolute Gasteiger partial charge is 0.330 e. The van der Waals surface area contributed by atoms with Gasteiger partial charge in [0.05, 0.1) is 12.9 Å². The maximum absolute atomic E-state index is 12.6. The van der Waals surface area contributed by atoms with E-state index >= 15 is 0 Å². The fourth-order valence-electron chi connectivity index (χ4n) is 3.45. The number of hydrogen-bond donors (Lipinski definition) is 2. The van der Waals surface area contributed by atoms with Gasteiger partial charge >= 0.3 is 5.97 Å². The number of rotatable bonds is 7. The van der Waals surface area contributed by atoms with Gasteiger partial charge in [0, 0.05) is 22.6 Å². The van der Waals surface area contributed by atoms with Crippen LogP contribution in [-0.2, 0) is 9.59 Å². The molecule has 0 radical (unpaired) electrons. The number of fused-ring (bicyclic) bond motifs is 1. The van der Waals surface area contributed by atoms with Gasteiger partial charge in [-0.2, -0.15) is 0 Å². The first-order valence-corrected chi connectivity index (χ1v) is 9.74. The van der Waals surface area contributed by atoms with Gasteiger partial charge in [0.1, 0.15) is 11.3 Å². The highest BCUT2D eigenvalue weighted by atomic mass is 16.5. The predicted molar refractivity (Wildman–Crippen MR) is 115 cm³/mol. The summed E-state index contributed by atoms with van der Waals surface area (Å²) in [5, 5.41) is 13.1. The normalized spacial score (nSPS) is 12.6. The maximum atomic E-state index is 12.6. The van der Waals surface area contributed by atoms with Crippen LogP contribution in [0.3, 0.4) is 0 Å². The molecular formula is C24H25NO5.